The molecule has 0 radical (unpaired) electrons. The summed E-state index contributed by atoms with van der Waals surface area (Å²) in [7, 11) is 0. The normalized spacial score (nSPS) is 12.0. The van der Waals surface area contributed by atoms with Crippen LogP contribution in [0.25, 0.3) is 0 Å². The molecule has 2 amide bonds. The highest BCUT2D eigenvalue weighted by Crippen LogP contribution is 2.23. The van der Waals surface area contributed by atoms with Crippen LogP contribution in [0.1, 0.15) is 43.9 Å². The number of carbonyl (C=O) groups is 2. The van der Waals surface area contributed by atoms with Gasteiger partial charge in [0, 0.05) is 23.1 Å². The third-order valence-corrected chi connectivity index (χ3v) is 5.45. The number of halogens is 2. The monoisotopic (exact) mass is 448 g/mol. The molecule has 6 heteroatoms. The number of hydrogen-bond donors (Lipinski definition) is 1. The van der Waals surface area contributed by atoms with Crippen LogP contribution in [0.4, 0.5) is 0 Å². The Morgan fingerprint density at radius 2 is 1.83 bits per heavy atom. The van der Waals surface area contributed by atoms with Gasteiger partial charge in [-0.15, -0.1) is 0 Å². The lowest BCUT2D eigenvalue weighted by Crippen LogP contribution is -2.50. The maximum atomic E-state index is 13.3. The highest BCUT2D eigenvalue weighted by Gasteiger charge is 2.29. The second-order valence-electron chi connectivity index (χ2n) is 7.99. The smallest absolute Gasteiger partial charge is 0.242 e. The zero-order chi connectivity index (χ0) is 22.3. The highest BCUT2D eigenvalue weighted by atomic mass is 35.5. The van der Waals surface area contributed by atoms with Gasteiger partial charge in [-0.1, -0.05) is 79.9 Å². The van der Waals surface area contributed by atoms with Gasteiger partial charge < -0.3 is 10.2 Å². The van der Waals surface area contributed by atoms with Gasteiger partial charge >= 0.3 is 0 Å². The van der Waals surface area contributed by atoms with Gasteiger partial charge in [-0.3, -0.25) is 9.59 Å². The number of nitrogens with one attached hydrogen (secondary N) is 1. The average Bonchev–Trinajstić information content (AvgIpc) is 2.68. The fraction of sp³-hybridized carbons (Fsp3) is 0.417. The van der Waals surface area contributed by atoms with Crippen molar-refractivity contribution < 1.29 is 9.59 Å². The average molecular weight is 449 g/mol. The summed E-state index contributed by atoms with van der Waals surface area (Å²) in [4.78, 5) is 27.9. The van der Waals surface area contributed by atoms with Crippen molar-refractivity contribution in [2.24, 2.45) is 5.92 Å². The molecule has 1 N–H and O–H groups in total. The number of nitrogens with zero attached hydrogens (tertiary/aromatic N) is 1. The molecule has 0 saturated carbocycles. The minimum atomic E-state index is -0.553. The molecule has 4 nitrogen and oxygen atoms in total. The Hall–Kier alpha value is -2.04. The summed E-state index contributed by atoms with van der Waals surface area (Å²) in [6.45, 7) is 8.95. The number of aryl methyl sites for hydroxylation is 1. The van der Waals surface area contributed by atoms with Crippen molar-refractivity contribution in [2.45, 2.75) is 53.1 Å². The second-order valence-corrected chi connectivity index (χ2v) is 8.83. The summed E-state index contributed by atoms with van der Waals surface area (Å²) in [6.07, 6.45) is 0.631. The Bertz CT molecular complexity index is 883. The van der Waals surface area contributed by atoms with E-state index in [0.717, 1.165) is 11.1 Å². The molecule has 0 aliphatic carbocycles. The lowest BCUT2D eigenvalue weighted by atomic mass is 10.1. The van der Waals surface area contributed by atoms with E-state index in [-0.39, 0.29) is 18.2 Å². The van der Waals surface area contributed by atoms with Crippen LogP contribution >= 0.6 is 23.2 Å². The molecule has 0 unspecified atom stereocenters. The number of rotatable bonds is 9. The van der Waals surface area contributed by atoms with Gasteiger partial charge in [0.1, 0.15) is 6.04 Å². The van der Waals surface area contributed by atoms with E-state index in [0.29, 0.717) is 41.0 Å². The number of carbonyl (C=O) groups excluding carboxylic acids is 2. The van der Waals surface area contributed by atoms with Gasteiger partial charge in [0.15, 0.2) is 0 Å². The molecule has 0 fully saturated rings. The lowest BCUT2D eigenvalue weighted by Gasteiger charge is -2.31. The van der Waals surface area contributed by atoms with E-state index in [4.69, 9.17) is 23.2 Å². The molecule has 0 saturated heterocycles. The SMILES string of the molecule is CC[C@@H](C(=O)NCC(C)C)N(Cc1cccc(C)c1)C(=O)Cc1ccc(Cl)cc1Cl. The van der Waals surface area contributed by atoms with Crippen molar-refractivity contribution in [1.82, 2.24) is 10.2 Å². The molecule has 30 heavy (non-hydrogen) atoms. The molecule has 0 heterocycles. The predicted molar refractivity (Wildman–Crippen MR) is 124 cm³/mol. The number of amides is 2. The third-order valence-electron chi connectivity index (χ3n) is 4.86. The molecule has 162 valence electrons. The van der Waals surface area contributed by atoms with Crippen LogP contribution in [0.15, 0.2) is 42.5 Å². The first-order valence-corrected chi connectivity index (χ1v) is 11.0. The molecule has 0 spiro atoms. The van der Waals surface area contributed by atoms with Gasteiger partial charge in [-0.05, 0) is 42.5 Å². The van der Waals surface area contributed by atoms with Crippen molar-refractivity contribution in [3.05, 3.63) is 69.2 Å². The molecular formula is C24H30Cl2N2O2. The van der Waals surface area contributed by atoms with Crippen LogP contribution in [0, 0.1) is 12.8 Å². The lowest BCUT2D eigenvalue weighted by molar-refractivity contribution is -0.141. The minimum absolute atomic E-state index is 0.107. The van der Waals surface area contributed by atoms with Crippen molar-refractivity contribution in [1.29, 1.82) is 0 Å². The van der Waals surface area contributed by atoms with E-state index in [2.05, 4.69) is 5.32 Å². The van der Waals surface area contributed by atoms with Gasteiger partial charge in [0.2, 0.25) is 11.8 Å². The summed E-state index contributed by atoms with van der Waals surface area (Å²) >= 11 is 12.3. The second kappa shape index (κ2) is 11.4. The molecule has 0 aliphatic heterocycles. The molecular weight excluding hydrogens is 419 g/mol. The van der Waals surface area contributed by atoms with Gasteiger partial charge in [-0.2, -0.15) is 0 Å². The van der Waals surface area contributed by atoms with Gasteiger partial charge in [0.05, 0.1) is 6.42 Å². The number of hydrogen-bond acceptors (Lipinski definition) is 2. The zero-order valence-electron chi connectivity index (χ0n) is 18.0. The van der Waals surface area contributed by atoms with Gasteiger partial charge in [-0.25, -0.2) is 0 Å². The summed E-state index contributed by atoms with van der Waals surface area (Å²) in [5.74, 6) is 0.0573. The Morgan fingerprint density at radius 1 is 1.10 bits per heavy atom. The summed E-state index contributed by atoms with van der Waals surface area (Å²) < 4.78 is 0. The molecule has 2 rings (SSSR count). The van der Waals surface area contributed by atoms with Crippen LogP contribution in [-0.4, -0.2) is 29.3 Å². The largest absolute Gasteiger partial charge is 0.354 e. The van der Waals surface area contributed by atoms with Crippen LogP contribution in [0.5, 0.6) is 0 Å². The Labute approximate surface area is 189 Å². The summed E-state index contributed by atoms with van der Waals surface area (Å²) in [5.41, 5.74) is 2.79. The first-order valence-electron chi connectivity index (χ1n) is 10.3. The zero-order valence-corrected chi connectivity index (χ0v) is 19.6. The Morgan fingerprint density at radius 3 is 2.43 bits per heavy atom. The standard InChI is InChI=1S/C24H30Cl2N2O2/c1-5-22(24(30)27-14-16(2)3)28(15-18-8-6-7-17(4)11-18)23(29)12-19-9-10-20(25)13-21(19)26/h6-11,13,16,22H,5,12,14-15H2,1-4H3,(H,27,30)/t22-/m0/s1. The molecule has 2 aromatic carbocycles. The van der Waals surface area contributed by atoms with Crippen LogP contribution in [-0.2, 0) is 22.6 Å². The molecule has 0 bridgehead atoms. The maximum absolute atomic E-state index is 13.3. The van der Waals surface area contributed by atoms with Crippen LogP contribution in [0.2, 0.25) is 10.0 Å². The molecule has 2 aromatic rings. The Balaban J connectivity index is 2.30. The molecule has 1 atom stereocenters. The summed E-state index contributed by atoms with van der Waals surface area (Å²) in [6, 6.07) is 12.5. The van der Waals surface area contributed by atoms with E-state index >= 15 is 0 Å². The van der Waals surface area contributed by atoms with Crippen molar-refractivity contribution >= 4 is 35.0 Å². The van der Waals surface area contributed by atoms with Gasteiger partial charge in [0.25, 0.3) is 0 Å². The van der Waals surface area contributed by atoms with E-state index in [1.165, 1.54) is 0 Å². The van der Waals surface area contributed by atoms with E-state index < -0.39 is 6.04 Å². The van der Waals surface area contributed by atoms with Crippen LogP contribution in [0.3, 0.4) is 0 Å². The third kappa shape index (κ3) is 7.03. The molecule has 0 aliphatic rings. The van der Waals surface area contributed by atoms with Crippen LogP contribution < -0.4 is 5.32 Å². The molecule has 0 aromatic heterocycles. The first-order chi connectivity index (χ1) is 14.2. The predicted octanol–water partition coefficient (Wildman–Crippen LogP) is 5.42. The quantitative estimate of drug-likeness (QED) is 0.556. The van der Waals surface area contributed by atoms with E-state index in [1.54, 1.807) is 23.1 Å². The van der Waals surface area contributed by atoms with E-state index in [9.17, 15) is 9.59 Å². The van der Waals surface area contributed by atoms with E-state index in [1.807, 2.05) is 52.0 Å². The van der Waals surface area contributed by atoms with Crippen molar-refractivity contribution in [3.63, 3.8) is 0 Å². The Kier molecular flexibility index (Phi) is 9.19. The topological polar surface area (TPSA) is 49.4 Å². The minimum Gasteiger partial charge on any atom is -0.354 e. The fourth-order valence-corrected chi connectivity index (χ4v) is 3.75. The van der Waals surface area contributed by atoms with Crippen molar-refractivity contribution in [3.8, 4) is 0 Å². The van der Waals surface area contributed by atoms with Crippen molar-refractivity contribution in [2.75, 3.05) is 6.54 Å². The maximum Gasteiger partial charge on any atom is 0.242 e. The highest BCUT2D eigenvalue weighted by molar-refractivity contribution is 6.35. The fourth-order valence-electron chi connectivity index (χ4n) is 3.28. The summed E-state index contributed by atoms with van der Waals surface area (Å²) in [5, 5.41) is 3.94. The first kappa shape index (κ1) is 24.2. The number of benzene rings is 2.